The second-order valence-corrected chi connectivity index (χ2v) is 3.80. The molecule has 1 aromatic rings. The molecule has 0 fully saturated rings. The molecule has 86 valence electrons. The number of hydrogen-bond acceptors (Lipinski definition) is 3. The van der Waals surface area contributed by atoms with Gasteiger partial charge in [-0.15, -0.1) is 0 Å². The number of aliphatic hydroxyl groups is 1. The number of aliphatic hydroxyl groups excluding tert-OH is 1. The lowest BCUT2D eigenvalue weighted by Gasteiger charge is -2.06. The Morgan fingerprint density at radius 3 is 2.25 bits per heavy atom. The molecule has 1 aromatic carbocycles. The van der Waals surface area contributed by atoms with Gasteiger partial charge in [0, 0.05) is 17.2 Å². The van der Waals surface area contributed by atoms with Crippen LogP contribution in [0.2, 0.25) is 0 Å². The molecule has 1 rings (SSSR count). The van der Waals surface area contributed by atoms with Crippen molar-refractivity contribution in [2.24, 2.45) is 5.92 Å². The van der Waals surface area contributed by atoms with E-state index in [2.05, 4.69) is 5.32 Å². The lowest BCUT2D eigenvalue weighted by atomic mass is 10.0. The van der Waals surface area contributed by atoms with E-state index in [9.17, 15) is 9.59 Å². The van der Waals surface area contributed by atoms with Gasteiger partial charge in [-0.3, -0.25) is 9.59 Å². The summed E-state index contributed by atoms with van der Waals surface area (Å²) in [5.74, 6) is -0.444. The largest absolute Gasteiger partial charge is 0.387 e. The Hall–Kier alpha value is -1.68. The molecule has 0 aliphatic heterocycles. The van der Waals surface area contributed by atoms with Crippen LogP contribution in [0.5, 0.6) is 0 Å². The average molecular weight is 221 g/mol. The van der Waals surface area contributed by atoms with E-state index < -0.39 is 12.5 Å². The molecular formula is C12H15NO3. The molecule has 4 nitrogen and oxygen atoms in total. The van der Waals surface area contributed by atoms with Gasteiger partial charge in [-0.25, -0.2) is 0 Å². The molecule has 0 aromatic heterocycles. The number of carbonyl (C=O) groups is 2. The monoisotopic (exact) mass is 221 g/mol. The first kappa shape index (κ1) is 12.4. The summed E-state index contributed by atoms with van der Waals surface area (Å²) in [4.78, 5) is 22.5. The fraction of sp³-hybridized carbons (Fsp3) is 0.333. The van der Waals surface area contributed by atoms with E-state index in [0.717, 1.165) is 0 Å². The number of carbonyl (C=O) groups excluding carboxylic acids is 2. The molecule has 0 aliphatic rings. The number of anilines is 1. The number of ketones is 1. The van der Waals surface area contributed by atoms with Crippen molar-refractivity contribution in [1.29, 1.82) is 0 Å². The molecule has 2 N–H and O–H groups in total. The highest BCUT2D eigenvalue weighted by Crippen LogP contribution is 2.13. The summed E-state index contributed by atoms with van der Waals surface area (Å²) in [5, 5.41) is 11.0. The molecule has 0 radical (unpaired) electrons. The first-order valence-electron chi connectivity index (χ1n) is 5.09. The highest BCUT2D eigenvalue weighted by Gasteiger charge is 2.09. The SMILES string of the molecule is CC(C)C(=O)c1ccc(NC(=O)CO)cc1. The van der Waals surface area contributed by atoms with Gasteiger partial charge < -0.3 is 10.4 Å². The van der Waals surface area contributed by atoms with Crippen molar-refractivity contribution in [2.75, 3.05) is 11.9 Å². The summed E-state index contributed by atoms with van der Waals surface area (Å²) in [6, 6.07) is 6.61. The third-order valence-electron chi connectivity index (χ3n) is 2.12. The smallest absolute Gasteiger partial charge is 0.250 e. The Morgan fingerprint density at radius 2 is 1.81 bits per heavy atom. The zero-order chi connectivity index (χ0) is 12.1. The summed E-state index contributed by atoms with van der Waals surface area (Å²) in [6.45, 7) is 3.13. The molecule has 16 heavy (non-hydrogen) atoms. The number of Topliss-reactive ketones (excluding diaryl/α,β-unsaturated/α-hetero) is 1. The quantitative estimate of drug-likeness (QED) is 0.756. The maximum absolute atomic E-state index is 11.6. The van der Waals surface area contributed by atoms with E-state index in [1.54, 1.807) is 24.3 Å². The molecule has 0 saturated heterocycles. The van der Waals surface area contributed by atoms with Crippen LogP contribution in [0.4, 0.5) is 5.69 Å². The summed E-state index contributed by atoms with van der Waals surface area (Å²) in [7, 11) is 0. The second kappa shape index (κ2) is 5.42. The maximum atomic E-state index is 11.6. The van der Waals surface area contributed by atoms with Crippen molar-refractivity contribution in [3.05, 3.63) is 29.8 Å². The number of benzene rings is 1. The summed E-state index contributed by atoms with van der Waals surface area (Å²) < 4.78 is 0. The lowest BCUT2D eigenvalue weighted by Crippen LogP contribution is -2.15. The van der Waals surface area contributed by atoms with E-state index >= 15 is 0 Å². The first-order chi connectivity index (χ1) is 7.54. The van der Waals surface area contributed by atoms with E-state index in [1.165, 1.54) is 0 Å². The van der Waals surface area contributed by atoms with Crippen molar-refractivity contribution >= 4 is 17.4 Å². The third-order valence-corrected chi connectivity index (χ3v) is 2.12. The number of nitrogens with one attached hydrogen (secondary N) is 1. The Kier molecular flexibility index (Phi) is 4.19. The van der Waals surface area contributed by atoms with E-state index in [0.29, 0.717) is 11.3 Å². The van der Waals surface area contributed by atoms with E-state index in [-0.39, 0.29) is 11.7 Å². The minimum atomic E-state index is -0.549. The van der Waals surface area contributed by atoms with Crippen molar-refractivity contribution in [3.63, 3.8) is 0 Å². The van der Waals surface area contributed by atoms with Crippen LogP contribution in [0.3, 0.4) is 0 Å². The van der Waals surface area contributed by atoms with Gasteiger partial charge in [0.1, 0.15) is 6.61 Å². The zero-order valence-electron chi connectivity index (χ0n) is 9.36. The zero-order valence-corrected chi connectivity index (χ0v) is 9.36. The standard InChI is InChI=1S/C12H15NO3/c1-8(2)12(16)9-3-5-10(6-4-9)13-11(15)7-14/h3-6,8,14H,7H2,1-2H3,(H,13,15). The van der Waals surface area contributed by atoms with Crippen LogP contribution in [0, 0.1) is 5.92 Å². The van der Waals surface area contributed by atoms with Crippen LogP contribution in [-0.2, 0) is 4.79 Å². The molecule has 0 atom stereocenters. The van der Waals surface area contributed by atoms with Crippen LogP contribution in [0.25, 0.3) is 0 Å². The molecule has 0 saturated carbocycles. The Morgan fingerprint density at radius 1 is 1.25 bits per heavy atom. The summed E-state index contributed by atoms with van der Waals surface area (Å²) >= 11 is 0. The summed E-state index contributed by atoms with van der Waals surface area (Å²) in [6.07, 6.45) is 0. The van der Waals surface area contributed by atoms with E-state index in [1.807, 2.05) is 13.8 Å². The Balaban J connectivity index is 2.75. The van der Waals surface area contributed by atoms with Crippen molar-refractivity contribution < 1.29 is 14.7 Å². The van der Waals surface area contributed by atoms with Gasteiger partial charge in [-0.2, -0.15) is 0 Å². The summed E-state index contributed by atoms with van der Waals surface area (Å²) in [5.41, 5.74) is 1.19. The van der Waals surface area contributed by atoms with Crippen molar-refractivity contribution in [2.45, 2.75) is 13.8 Å². The number of amides is 1. The molecule has 0 aliphatic carbocycles. The van der Waals surface area contributed by atoms with Crippen LogP contribution in [-0.4, -0.2) is 23.4 Å². The molecule has 0 unspecified atom stereocenters. The van der Waals surface area contributed by atoms with Crippen LogP contribution in [0.15, 0.2) is 24.3 Å². The molecular weight excluding hydrogens is 206 g/mol. The lowest BCUT2D eigenvalue weighted by molar-refractivity contribution is -0.118. The molecule has 1 amide bonds. The van der Waals surface area contributed by atoms with E-state index in [4.69, 9.17) is 5.11 Å². The van der Waals surface area contributed by atoms with Crippen LogP contribution < -0.4 is 5.32 Å². The van der Waals surface area contributed by atoms with Gasteiger partial charge in [-0.05, 0) is 24.3 Å². The third kappa shape index (κ3) is 3.17. The van der Waals surface area contributed by atoms with Crippen molar-refractivity contribution in [1.82, 2.24) is 0 Å². The number of rotatable bonds is 4. The second-order valence-electron chi connectivity index (χ2n) is 3.80. The number of hydrogen-bond donors (Lipinski definition) is 2. The minimum absolute atomic E-state index is 0.0436. The predicted octanol–water partition coefficient (Wildman–Crippen LogP) is 1.46. The Bertz CT molecular complexity index is 382. The van der Waals surface area contributed by atoms with Gasteiger partial charge in [0.15, 0.2) is 5.78 Å². The fourth-order valence-corrected chi connectivity index (χ4v) is 1.25. The first-order valence-corrected chi connectivity index (χ1v) is 5.09. The highest BCUT2D eigenvalue weighted by molar-refractivity contribution is 5.98. The van der Waals surface area contributed by atoms with Gasteiger partial charge >= 0.3 is 0 Å². The topological polar surface area (TPSA) is 66.4 Å². The normalized spacial score (nSPS) is 10.2. The predicted molar refractivity (Wildman–Crippen MR) is 61.3 cm³/mol. The van der Waals surface area contributed by atoms with Gasteiger partial charge in [-0.1, -0.05) is 13.8 Å². The fourth-order valence-electron chi connectivity index (χ4n) is 1.25. The van der Waals surface area contributed by atoms with Gasteiger partial charge in [0.2, 0.25) is 5.91 Å². The minimum Gasteiger partial charge on any atom is -0.387 e. The van der Waals surface area contributed by atoms with Crippen LogP contribution >= 0.6 is 0 Å². The average Bonchev–Trinajstić information content (AvgIpc) is 2.28. The van der Waals surface area contributed by atoms with Gasteiger partial charge in [0.25, 0.3) is 0 Å². The molecule has 4 heteroatoms. The maximum Gasteiger partial charge on any atom is 0.250 e. The molecule has 0 spiro atoms. The Labute approximate surface area is 94.3 Å². The molecule has 0 bridgehead atoms. The van der Waals surface area contributed by atoms with Crippen molar-refractivity contribution in [3.8, 4) is 0 Å². The van der Waals surface area contributed by atoms with Crippen LogP contribution in [0.1, 0.15) is 24.2 Å². The highest BCUT2D eigenvalue weighted by atomic mass is 16.3. The molecule has 0 heterocycles. The van der Waals surface area contributed by atoms with Gasteiger partial charge in [0.05, 0.1) is 0 Å².